The summed E-state index contributed by atoms with van der Waals surface area (Å²) in [7, 11) is 0. The van der Waals surface area contributed by atoms with E-state index in [0.29, 0.717) is 38.2 Å². The lowest BCUT2D eigenvalue weighted by atomic mass is 9.96. The van der Waals surface area contributed by atoms with Gasteiger partial charge in [-0.05, 0) is 41.3 Å². The van der Waals surface area contributed by atoms with Crippen molar-refractivity contribution in [2.24, 2.45) is 0 Å². The van der Waals surface area contributed by atoms with E-state index in [9.17, 15) is 9.59 Å². The van der Waals surface area contributed by atoms with E-state index in [-0.39, 0.29) is 17.9 Å². The summed E-state index contributed by atoms with van der Waals surface area (Å²) in [6.07, 6.45) is 1.06. The van der Waals surface area contributed by atoms with E-state index < -0.39 is 0 Å². The van der Waals surface area contributed by atoms with Gasteiger partial charge < -0.3 is 9.80 Å². The summed E-state index contributed by atoms with van der Waals surface area (Å²) < 4.78 is 0.865. The maximum atomic E-state index is 13.5. The van der Waals surface area contributed by atoms with Gasteiger partial charge in [0.15, 0.2) is 0 Å². The van der Waals surface area contributed by atoms with Crippen molar-refractivity contribution in [2.45, 2.75) is 18.9 Å². The van der Waals surface area contributed by atoms with Crippen molar-refractivity contribution in [2.75, 3.05) is 39.3 Å². The number of hydrogen-bond acceptors (Lipinski definition) is 3. The number of benzene rings is 4. The molecule has 2 amide bonds. The molecule has 0 saturated carbocycles. The summed E-state index contributed by atoms with van der Waals surface area (Å²) >= 11 is 3.48. The number of piperazine rings is 1. The van der Waals surface area contributed by atoms with Crippen LogP contribution < -0.4 is 0 Å². The lowest BCUT2D eigenvalue weighted by Gasteiger charge is -2.40. The Kier molecular flexibility index (Phi) is 10.00. The zero-order valence-electron chi connectivity index (χ0n) is 23.2. The van der Waals surface area contributed by atoms with E-state index in [1.807, 2.05) is 64.4 Å². The second-order valence-electron chi connectivity index (χ2n) is 10.4. The van der Waals surface area contributed by atoms with Gasteiger partial charge >= 0.3 is 0 Å². The third kappa shape index (κ3) is 7.72. The molecule has 0 bridgehead atoms. The molecule has 1 aliphatic heterocycles. The molecule has 5 nitrogen and oxygen atoms in total. The fraction of sp³-hybridized carbons (Fsp3) is 0.257. The van der Waals surface area contributed by atoms with E-state index in [0.717, 1.165) is 24.0 Å². The Hall–Kier alpha value is -3.74. The molecule has 0 unspecified atom stereocenters. The summed E-state index contributed by atoms with van der Waals surface area (Å²) in [5.41, 5.74) is 4.33. The highest BCUT2D eigenvalue weighted by Crippen LogP contribution is 2.29. The molecule has 1 fully saturated rings. The minimum atomic E-state index is -0.0478. The van der Waals surface area contributed by atoms with Crippen molar-refractivity contribution in [3.63, 3.8) is 0 Å². The van der Waals surface area contributed by atoms with Gasteiger partial charge in [0.2, 0.25) is 5.91 Å². The quantitative estimate of drug-likeness (QED) is 0.207. The summed E-state index contributed by atoms with van der Waals surface area (Å²) in [5, 5.41) is 0. The molecular weight excluding hydrogens is 574 g/mol. The van der Waals surface area contributed by atoms with E-state index in [1.54, 1.807) is 0 Å². The average molecular weight is 611 g/mol. The van der Waals surface area contributed by atoms with Gasteiger partial charge in [-0.3, -0.25) is 14.5 Å². The fourth-order valence-electron chi connectivity index (χ4n) is 5.53. The van der Waals surface area contributed by atoms with Crippen molar-refractivity contribution < 1.29 is 9.59 Å². The minimum absolute atomic E-state index is 0.0478. The normalized spacial score (nSPS) is 13.8. The summed E-state index contributed by atoms with van der Waals surface area (Å²) in [4.78, 5) is 33.1. The molecule has 41 heavy (non-hydrogen) atoms. The first-order chi connectivity index (χ1) is 20.1. The molecule has 4 aromatic rings. The van der Waals surface area contributed by atoms with E-state index in [4.69, 9.17) is 0 Å². The van der Waals surface area contributed by atoms with Crippen molar-refractivity contribution in [3.05, 3.63) is 142 Å². The highest BCUT2D eigenvalue weighted by atomic mass is 79.9. The van der Waals surface area contributed by atoms with Gasteiger partial charge in [0.25, 0.3) is 5.91 Å². The average Bonchev–Trinajstić information content (AvgIpc) is 3.03. The summed E-state index contributed by atoms with van der Waals surface area (Å²) in [6.45, 7) is 3.92. The number of carbonyl (C=O) groups is 2. The van der Waals surface area contributed by atoms with Crippen molar-refractivity contribution >= 4 is 27.7 Å². The molecule has 1 aliphatic rings. The second kappa shape index (κ2) is 14.2. The first kappa shape index (κ1) is 28.8. The van der Waals surface area contributed by atoms with Crippen LogP contribution in [0.25, 0.3) is 0 Å². The Labute approximate surface area is 251 Å². The number of rotatable bonds is 10. The highest BCUT2D eigenvalue weighted by Gasteiger charge is 2.28. The van der Waals surface area contributed by atoms with Gasteiger partial charge in [0.05, 0.1) is 6.04 Å². The smallest absolute Gasteiger partial charge is 0.253 e. The number of carbonyl (C=O) groups excluding carboxylic acids is 2. The maximum Gasteiger partial charge on any atom is 0.253 e. The Bertz CT molecular complexity index is 1370. The third-order valence-electron chi connectivity index (χ3n) is 7.73. The van der Waals surface area contributed by atoms with Crippen LogP contribution >= 0.6 is 15.9 Å². The molecule has 0 radical (unpaired) electrons. The minimum Gasteiger partial charge on any atom is -0.340 e. The molecule has 0 spiro atoms. The third-order valence-corrected chi connectivity index (χ3v) is 8.22. The Balaban J connectivity index is 1.21. The van der Waals surface area contributed by atoms with Gasteiger partial charge in [-0.25, -0.2) is 0 Å². The van der Waals surface area contributed by atoms with Gasteiger partial charge in [-0.2, -0.15) is 0 Å². The fourth-order valence-corrected chi connectivity index (χ4v) is 5.93. The molecule has 4 aromatic carbocycles. The van der Waals surface area contributed by atoms with Gasteiger partial charge in [0, 0.05) is 55.7 Å². The molecular formula is C35H36BrN3O2. The molecule has 210 valence electrons. The number of amides is 2. The van der Waals surface area contributed by atoms with Crippen LogP contribution in [0.5, 0.6) is 0 Å². The van der Waals surface area contributed by atoms with Gasteiger partial charge in [-0.15, -0.1) is 0 Å². The highest BCUT2D eigenvalue weighted by molar-refractivity contribution is 9.10. The van der Waals surface area contributed by atoms with Crippen LogP contribution in [-0.4, -0.2) is 65.8 Å². The Morgan fingerprint density at radius 1 is 0.707 bits per heavy atom. The van der Waals surface area contributed by atoms with Crippen molar-refractivity contribution in [1.29, 1.82) is 0 Å². The van der Waals surface area contributed by atoms with Crippen LogP contribution in [0.4, 0.5) is 0 Å². The number of halogens is 1. The number of nitrogens with zero attached hydrogens (tertiary/aromatic N) is 3. The predicted molar refractivity (Wildman–Crippen MR) is 168 cm³/mol. The van der Waals surface area contributed by atoms with E-state index in [2.05, 4.69) is 81.5 Å². The molecule has 0 atom stereocenters. The maximum absolute atomic E-state index is 13.5. The van der Waals surface area contributed by atoms with Crippen LogP contribution in [-0.2, 0) is 11.2 Å². The van der Waals surface area contributed by atoms with Crippen LogP contribution in [0, 0.1) is 0 Å². The SMILES string of the molecule is O=C(CCN(CCc1ccccc1)C(=O)c1cccc(Br)c1)N1CCN(C(c2ccccc2)c2ccccc2)CC1. The zero-order chi connectivity index (χ0) is 28.4. The number of hydrogen-bond donors (Lipinski definition) is 0. The Morgan fingerprint density at radius 2 is 1.29 bits per heavy atom. The molecule has 6 heteroatoms. The van der Waals surface area contributed by atoms with Crippen LogP contribution in [0.1, 0.15) is 39.5 Å². The molecule has 0 aromatic heterocycles. The van der Waals surface area contributed by atoms with Crippen LogP contribution in [0.2, 0.25) is 0 Å². The molecule has 0 N–H and O–H groups in total. The van der Waals surface area contributed by atoms with Crippen LogP contribution in [0.15, 0.2) is 120 Å². The predicted octanol–water partition coefficient (Wildman–Crippen LogP) is 6.46. The monoisotopic (exact) mass is 609 g/mol. The van der Waals surface area contributed by atoms with Crippen molar-refractivity contribution in [1.82, 2.24) is 14.7 Å². The summed E-state index contributed by atoms with van der Waals surface area (Å²) in [6, 6.07) is 39.0. The topological polar surface area (TPSA) is 43.9 Å². The molecule has 1 heterocycles. The lowest BCUT2D eigenvalue weighted by Crippen LogP contribution is -2.50. The van der Waals surface area contributed by atoms with Gasteiger partial charge in [-0.1, -0.05) is 113 Å². The van der Waals surface area contributed by atoms with Gasteiger partial charge in [0.1, 0.15) is 0 Å². The zero-order valence-corrected chi connectivity index (χ0v) is 24.8. The largest absolute Gasteiger partial charge is 0.340 e. The first-order valence-electron chi connectivity index (χ1n) is 14.3. The first-order valence-corrected chi connectivity index (χ1v) is 15.1. The second-order valence-corrected chi connectivity index (χ2v) is 11.3. The molecule has 5 rings (SSSR count). The summed E-state index contributed by atoms with van der Waals surface area (Å²) in [5.74, 6) is 0.0563. The van der Waals surface area contributed by atoms with Crippen molar-refractivity contribution in [3.8, 4) is 0 Å². The lowest BCUT2D eigenvalue weighted by molar-refractivity contribution is -0.133. The molecule has 1 saturated heterocycles. The standard InChI is InChI=1S/C35H36BrN3O2/c36-32-18-10-17-31(27-32)35(41)39(21-19-28-11-4-1-5-12-28)22-20-33(40)37-23-25-38(26-24-37)34(29-13-6-2-7-14-29)30-15-8-3-9-16-30/h1-18,27,34H,19-26H2. The van der Waals surface area contributed by atoms with E-state index in [1.165, 1.54) is 16.7 Å². The van der Waals surface area contributed by atoms with Crippen LogP contribution in [0.3, 0.4) is 0 Å². The van der Waals surface area contributed by atoms with E-state index >= 15 is 0 Å². The molecule has 0 aliphatic carbocycles. The Morgan fingerprint density at radius 3 is 1.88 bits per heavy atom.